The lowest BCUT2D eigenvalue weighted by Crippen LogP contribution is -2.02. The summed E-state index contributed by atoms with van der Waals surface area (Å²) >= 11 is 6.72. The molecule has 0 unspecified atom stereocenters. The fourth-order valence-corrected chi connectivity index (χ4v) is 3.80. The van der Waals surface area contributed by atoms with Crippen molar-refractivity contribution in [3.05, 3.63) is 50.3 Å². The van der Waals surface area contributed by atoms with Gasteiger partial charge in [-0.2, -0.15) is 5.10 Å². The fourth-order valence-electron chi connectivity index (χ4n) is 2.28. The minimum atomic E-state index is 0.121. The molecule has 22 heavy (non-hydrogen) atoms. The van der Waals surface area contributed by atoms with E-state index in [0.29, 0.717) is 3.95 Å². The van der Waals surface area contributed by atoms with Crippen LogP contribution in [0.25, 0.3) is 6.08 Å². The average Bonchev–Trinajstić information content (AvgIpc) is 3.05. The second-order valence-corrected chi connectivity index (χ2v) is 6.85. The van der Waals surface area contributed by atoms with E-state index in [9.17, 15) is 5.11 Å². The Labute approximate surface area is 137 Å². The zero-order valence-corrected chi connectivity index (χ0v) is 13.9. The highest BCUT2D eigenvalue weighted by atomic mass is 32.1. The van der Waals surface area contributed by atoms with Gasteiger partial charge in [-0.3, -0.25) is 4.57 Å². The maximum Gasteiger partial charge on any atom is 0.210 e. The number of nitrogens with zero attached hydrogens (tertiary/aromatic N) is 3. The Morgan fingerprint density at radius 3 is 2.64 bits per heavy atom. The minimum Gasteiger partial charge on any atom is -0.493 e. The third-order valence-corrected chi connectivity index (χ3v) is 4.66. The van der Waals surface area contributed by atoms with Crippen molar-refractivity contribution in [2.24, 2.45) is 10.2 Å². The van der Waals surface area contributed by atoms with Crippen LogP contribution in [0.4, 0.5) is 0 Å². The Hall–Kier alpha value is -2.05. The first-order chi connectivity index (χ1) is 10.6. The van der Waals surface area contributed by atoms with Gasteiger partial charge in [0.1, 0.15) is 5.71 Å². The first kappa shape index (κ1) is 14.9. The molecule has 112 valence electrons. The lowest BCUT2D eigenvalue weighted by molar-refractivity contribution is 0.397. The van der Waals surface area contributed by atoms with Crippen LogP contribution in [-0.2, 0) is 0 Å². The standard InChI is InChI=1S/C16H15N3OS2/c1-10(2)19-15(20)13(22-16(19)21)8-12-9-17-18-14(12)11-6-4-3-5-7-11/h3-10,20H,1-2H3/b12-8+. The van der Waals surface area contributed by atoms with Gasteiger partial charge in [0.15, 0.2) is 3.95 Å². The predicted molar refractivity (Wildman–Crippen MR) is 94.6 cm³/mol. The van der Waals surface area contributed by atoms with Crippen molar-refractivity contribution < 1.29 is 5.11 Å². The molecule has 4 nitrogen and oxygen atoms in total. The molecule has 1 aliphatic rings. The monoisotopic (exact) mass is 329 g/mol. The molecule has 0 amide bonds. The molecule has 0 saturated carbocycles. The van der Waals surface area contributed by atoms with Gasteiger partial charge in [0, 0.05) is 17.2 Å². The number of benzene rings is 1. The van der Waals surface area contributed by atoms with Gasteiger partial charge in [0.2, 0.25) is 5.88 Å². The number of thiazole rings is 1. The van der Waals surface area contributed by atoms with Gasteiger partial charge in [0.25, 0.3) is 0 Å². The second-order valence-electron chi connectivity index (χ2n) is 5.18. The third kappa shape index (κ3) is 2.67. The van der Waals surface area contributed by atoms with Gasteiger partial charge >= 0.3 is 0 Å². The molecule has 3 rings (SSSR count). The molecule has 0 saturated heterocycles. The number of allylic oxidation sites excluding steroid dienone is 1. The van der Waals surface area contributed by atoms with Crippen LogP contribution in [0.15, 0.2) is 46.1 Å². The number of rotatable bonds is 3. The van der Waals surface area contributed by atoms with Crippen molar-refractivity contribution in [1.82, 2.24) is 4.57 Å². The Bertz CT molecular complexity index is 842. The van der Waals surface area contributed by atoms with Gasteiger partial charge < -0.3 is 5.11 Å². The van der Waals surface area contributed by atoms with Crippen molar-refractivity contribution in [2.45, 2.75) is 19.9 Å². The van der Waals surface area contributed by atoms with E-state index in [1.807, 2.05) is 50.3 Å². The Morgan fingerprint density at radius 2 is 2.00 bits per heavy atom. The summed E-state index contributed by atoms with van der Waals surface area (Å²) in [6, 6.07) is 9.99. The first-order valence-electron chi connectivity index (χ1n) is 6.90. The molecule has 0 aliphatic carbocycles. The van der Waals surface area contributed by atoms with Crippen LogP contribution in [0.3, 0.4) is 0 Å². The first-order valence-corrected chi connectivity index (χ1v) is 8.13. The molecular formula is C16H15N3OS2. The maximum absolute atomic E-state index is 10.4. The fraction of sp³-hybridized carbons (Fsp3) is 0.188. The van der Waals surface area contributed by atoms with Gasteiger partial charge in [-0.25, -0.2) is 0 Å². The summed E-state index contributed by atoms with van der Waals surface area (Å²) in [4.78, 5) is 0.727. The van der Waals surface area contributed by atoms with Crippen molar-refractivity contribution >= 4 is 41.6 Å². The SMILES string of the molecule is CC(C)n1c(O)c(/C=C2\C=NN=C2c2ccccc2)sc1=S. The molecule has 1 N–H and O–H groups in total. The molecule has 1 aromatic carbocycles. The Balaban J connectivity index is 2.03. The predicted octanol–water partition coefficient (Wildman–Crippen LogP) is 4.44. The Morgan fingerprint density at radius 1 is 1.27 bits per heavy atom. The average molecular weight is 329 g/mol. The van der Waals surface area contributed by atoms with E-state index in [0.717, 1.165) is 21.7 Å². The third-order valence-electron chi connectivity index (χ3n) is 3.32. The number of hydrogen-bond donors (Lipinski definition) is 1. The molecule has 0 radical (unpaired) electrons. The summed E-state index contributed by atoms with van der Waals surface area (Å²) in [5, 5.41) is 18.6. The molecule has 0 bridgehead atoms. The van der Waals surface area contributed by atoms with E-state index in [-0.39, 0.29) is 11.9 Å². The topological polar surface area (TPSA) is 49.9 Å². The van der Waals surface area contributed by atoms with Crippen molar-refractivity contribution in [3.63, 3.8) is 0 Å². The van der Waals surface area contributed by atoms with Gasteiger partial charge in [-0.15, -0.1) is 16.4 Å². The number of aromatic nitrogens is 1. The molecule has 1 aromatic heterocycles. The highest BCUT2D eigenvalue weighted by Gasteiger charge is 2.17. The van der Waals surface area contributed by atoms with Crippen LogP contribution in [0.1, 0.15) is 30.3 Å². The van der Waals surface area contributed by atoms with Crippen LogP contribution in [-0.4, -0.2) is 21.6 Å². The molecule has 0 spiro atoms. The molecule has 0 fully saturated rings. The smallest absolute Gasteiger partial charge is 0.210 e. The highest BCUT2D eigenvalue weighted by molar-refractivity contribution is 7.73. The number of aromatic hydroxyl groups is 1. The molecule has 6 heteroatoms. The van der Waals surface area contributed by atoms with E-state index in [1.54, 1.807) is 10.8 Å². The summed E-state index contributed by atoms with van der Waals surface area (Å²) < 4.78 is 2.41. The van der Waals surface area contributed by atoms with Crippen LogP contribution in [0.5, 0.6) is 5.88 Å². The van der Waals surface area contributed by atoms with E-state index < -0.39 is 0 Å². The van der Waals surface area contributed by atoms with E-state index in [2.05, 4.69) is 10.2 Å². The lowest BCUT2D eigenvalue weighted by Gasteiger charge is -2.07. The number of hydrogen-bond acceptors (Lipinski definition) is 5. The van der Waals surface area contributed by atoms with Crippen LogP contribution in [0, 0.1) is 3.95 Å². The maximum atomic E-state index is 10.4. The summed E-state index contributed by atoms with van der Waals surface area (Å²) in [5.74, 6) is 0.199. The summed E-state index contributed by atoms with van der Waals surface area (Å²) in [6.07, 6.45) is 3.58. The lowest BCUT2D eigenvalue weighted by atomic mass is 10.0. The second kappa shape index (κ2) is 5.98. The molecular weight excluding hydrogens is 314 g/mol. The van der Waals surface area contributed by atoms with Crippen molar-refractivity contribution in [2.75, 3.05) is 0 Å². The molecule has 0 atom stereocenters. The zero-order chi connectivity index (χ0) is 15.7. The van der Waals surface area contributed by atoms with Crippen LogP contribution >= 0.6 is 23.6 Å². The highest BCUT2D eigenvalue weighted by Crippen LogP contribution is 2.32. The normalized spacial score (nSPS) is 15.8. The van der Waals surface area contributed by atoms with Crippen LogP contribution in [0.2, 0.25) is 0 Å². The zero-order valence-electron chi connectivity index (χ0n) is 12.2. The van der Waals surface area contributed by atoms with E-state index >= 15 is 0 Å². The summed E-state index contributed by atoms with van der Waals surface area (Å²) in [5.41, 5.74) is 2.67. The van der Waals surface area contributed by atoms with Gasteiger partial charge in [-0.1, -0.05) is 30.3 Å². The van der Waals surface area contributed by atoms with E-state index in [1.165, 1.54) is 11.3 Å². The summed E-state index contributed by atoms with van der Waals surface area (Å²) in [7, 11) is 0. The Kier molecular flexibility index (Phi) is 4.04. The van der Waals surface area contributed by atoms with Gasteiger partial charge in [0.05, 0.1) is 11.1 Å². The molecule has 1 aliphatic heterocycles. The summed E-state index contributed by atoms with van der Waals surface area (Å²) in [6.45, 7) is 3.99. The van der Waals surface area contributed by atoms with Gasteiger partial charge in [-0.05, 0) is 32.1 Å². The van der Waals surface area contributed by atoms with E-state index in [4.69, 9.17) is 12.2 Å². The van der Waals surface area contributed by atoms with Crippen LogP contribution < -0.4 is 0 Å². The molecule has 2 aromatic rings. The van der Waals surface area contributed by atoms with Crippen molar-refractivity contribution in [3.8, 4) is 5.88 Å². The molecule has 2 heterocycles. The minimum absolute atomic E-state index is 0.121. The quantitative estimate of drug-likeness (QED) is 0.847. The van der Waals surface area contributed by atoms with Crippen molar-refractivity contribution in [1.29, 1.82) is 0 Å². The largest absolute Gasteiger partial charge is 0.493 e.